The maximum absolute atomic E-state index is 12.3. The number of carbonyl (C=O) groups excluding carboxylic acids is 2. The van der Waals surface area contributed by atoms with Crippen molar-refractivity contribution in [3.8, 4) is 11.5 Å². The van der Waals surface area contributed by atoms with Gasteiger partial charge < -0.3 is 24.4 Å². The molecule has 1 aromatic carbocycles. The van der Waals surface area contributed by atoms with Gasteiger partial charge in [0, 0.05) is 32.6 Å². The lowest BCUT2D eigenvalue weighted by atomic mass is 9.69. The summed E-state index contributed by atoms with van der Waals surface area (Å²) in [6.45, 7) is 1.79. The molecule has 2 aliphatic heterocycles. The standard InChI is InChI=1S/C21H27N3O5/c1-22-19(25)24(3)20(26)28-14-7-8-21-9-10-23(2)12-13-5-6-15(27-4)18(17(13)21)29-16(21)11-14/h5-8,14,16H,9-12H2,1-4H3,(H,22,25)/t14-,16-,21-/m0/s1. The van der Waals surface area contributed by atoms with Crippen molar-refractivity contribution in [2.45, 2.75) is 37.0 Å². The van der Waals surface area contributed by atoms with Gasteiger partial charge in [-0.2, -0.15) is 0 Å². The van der Waals surface area contributed by atoms with Crippen LogP contribution >= 0.6 is 0 Å². The predicted octanol–water partition coefficient (Wildman–Crippen LogP) is 2.27. The number of nitrogens with zero attached hydrogens (tertiary/aromatic N) is 2. The molecule has 3 atom stereocenters. The minimum Gasteiger partial charge on any atom is -0.493 e. The van der Waals surface area contributed by atoms with E-state index in [-0.39, 0.29) is 11.5 Å². The molecule has 0 fully saturated rings. The van der Waals surface area contributed by atoms with Gasteiger partial charge in [0.15, 0.2) is 11.5 Å². The van der Waals surface area contributed by atoms with E-state index in [1.807, 2.05) is 12.1 Å². The normalized spacial score (nSPS) is 27.2. The van der Waals surface area contributed by atoms with Gasteiger partial charge >= 0.3 is 12.1 Å². The molecule has 4 rings (SSSR count). The van der Waals surface area contributed by atoms with Crippen LogP contribution in [0.1, 0.15) is 24.0 Å². The van der Waals surface area contributed by atoms with Gasteiger partial charge in [0.1, 0.15) is 12.2 Å². The van der Waals surface area contributed by atoms with Crippen LogP contribution < -0.4 is 14.8 Å². The second-order valence-corrected chi connectivity index (χ2v) is 7.90. The summed E-state index contributed by atoms with van der Waals surface area (Å²) in [7, 11) is 6.62. The molecule has 0 saturated heterocycles. The fraction of sp³-hybridized carbons (Fsp3) is 0.524. The third kappa shape index (κ3) is 3.11. The Labute approximate surface area is 170 Å². The highest BCUT2D eigenvalue weighted by Gasteiger charge is 2.53. The van der Waals surface area contributed by atoms with Gasteiger partial charge in [0.25, 0.3) is 0 Å². The highest BCUT2D eigenvalue weighted by atomic mass is 16.6. The van der Waals surface area contributed by atoms with Gasteiger partial charge in [-0.15, -0.1) is 0 Å². The Hall–Kier alpha value is -2.74. The van der Waals surface area contributed by atoms with Crippen molar-refractivity contribution < 1.29 is 23.8 Å². The molecule has 2 heterocycles. The molecule has 0 bridgehead atoms. The average molecular weight is 401 g/mol. The molecule has 1 N–H and O–H groups in total. The van der Waals surface area contributed by atoms with E-state index in [1.165, 1.54) is 25.2 Å². The highest BCUT2D eigenvalue weighted by molar-refractivity contribution is 5.90. The monoisotopic (exact) mass is 401 g/mol. The van der Waals surface area contributed by atoms with Crippen LogP contribution in [0.25, 0.3) is 0 Å². The lowest BCUT2D eigenvalue weighted by Gasteiger charge is -2.37. The maximum Gasteiger partial charge on any atom is 0.418 e. The summed E-state index contributed by atoms with van der Waals surface area (Å²) in [5, 5.41) is 2.41. The van der Waals surface area contributed by atoms with Crippen LogP contribution in [0.4, 0.5) is 9.59 Å². The van der Waals surface area contributed by atoms with E-state index in [9.17, 15) is 9.59 Å². The number of urea groups is 1. The minimum absolute atomic E-state index is 0.160. The average Bonchev–Trinajstić information content (AvgIpc) is 2.98. The van der Waals surface area contributed by atoms with E-state index in [4.69, 9.17) is 14.2 Å². The van der Waals surface area contributed by atoms with Crippen molar-refractivity contribution in [2.75, 3.05) is 34.8 Å². The molecule has 8 heteroatoms. The molecule has 29 heavy (non-hydrogen) atoms. The van der Waals surface area contributed by atoms with E-state index in [2.05, 4.69) is 29.4 Å². The molecule has 0 radical (unpaired) electrons. The van der Waals surface area contributed by atoms with Crippen molar-refractivity contribution in [1.29, 1.82) is 0 Å². The topological polar surface area (TPSA) is 80.3 Å². The number of ether oxygens (including phenoxy) is 3. The van der Waals surface area contributed by atoms with Crippen LogP contribution in [0, 0.1) is 0 Å². The van der Waals surface area contributed by atoms with E-state index in [0.717, 1.165) is 35.9 Å². The Morgan fingerprint density at radius 2 is 2.17 bits per heavy atom. The van der Waals surface area contributed by atoms with Crippen LogP contribution in [-0.2, 0) is 16.7 Å². The fourth-order valence-corrected chi connectivity index (χ4v) is 4.61. The molecule has 0 aromatic heterocycles. The highest BCUT2D eigenvalue weighted by Crippen LogP contribution is 2.55. The van der Waals surface area contributed by atoms with Gasteiger partial charge in [-0.05, 0) is 37.7 Å². The number of hydrogen-bond donors (Lipinski definition) is 1. The number of rotatable bonds is 2. The largest absolute Gasteiger partial charge is 0.493 e. The van der Waals surface area contributed by atoms with Gasteiger partial charge in [-0.1, -0.05) is 12.1 Å². The third-order valence-corrected chi connectivity index (χ3v) is 6.17. The Morgan fingerprint density at radius 3 is 2.90 bits per heavy atom. The van der Waals surface area contributed by atoms with Gasteiger partial charge in [0.05, 0.1) is 12.5 Å². The van der Waals surface area contributed by atoms with Gasteiger partial charge in [-0.25, -0.2) is 14.5 Å². The zero-order valence-electron chi connectivity index (χ0n) is 17.2. The number of benzene rings is 1. The van der Waals surface area contributed by atoms with Crippen molar-refractivity contribution >= 4 is 12.1 Å². The molecule has 1 spiro atoms. The van der Waals surface area contributed by atoms with Crippen LogP contribution in [0.5, 0.6) is 11.5 Å². The quantitative estimate of drug-likeness (QED) is 0.766. The molecule has 1 aromatic rings. The molecular weight excluding hydrogens is 374 g/mol. The minimum atomic E-state index is -0.690. The van der Waals surface area contributed by atoms with E-state index < -0.39 is 18.2 Å². The van der Waals surface area contributed by atoms with Gasteiger partial charge in [0.2, 0.25) is 0 Å². The molecule has 3 amide bonds. The zero-order chi connectivity index (χ0) is 20.8. The summed E-state index contributed by atoms with van der Waals surface area (Å²) in [5.41, 5.74) is 2.16. The fourth-order valence-electron chi connectivity index (χ4n) is 4.61. The first kappa shape index (κ1) is 19.6. The number of methoxy groups -OCH3 is 1. The first-order valence-electron chi connectivity index (χ1n) is 9.80. The summed E-state index contributed by atoms with van der Waals surface area (Å²) < 4.78 is 17.5. The summed E-state index contributed by atoms with van der Waals surface area (Å²) >= 11 is 0. The smallest absolute Gasteiger partial charge is 0.418 e. The van der Waals surface area contributed by atoms with Crippen LogP contribution in [-0.4, -0.2) is 68.9 Å². The maximum atomic E-state index is 12.3. The molecule has 8 nitrogen and oxygen atoms in total. The number of hydrogen-bond acceptors (Lipinski definition) is 6. The van der Waals surface area contributed by atoms with Crippen molar-refractivity contribution in [3.05, 3.63) is 35.4 Å². The van der Waals surface area contributed by atoms with Crippen LogP contribution in [0.3, 0.4) is 0 Å². The Bertz CT molecular complexity index is 870. The molecule has 0 saturated carbocycles. The molecular formula is C21H27N3O5. The van der Waals surface area contributed by atoms with Crippen LogP contribution in [0.15, 0.2) is 24.3 Å². The summed E-state index contributed by atoms with van der Waals surface area (Å²) in [6.07, 6.45) is 4.18. The second-order valence-electron chi connectivity index (χ2n) is 7.90. The number of imide groups is 1. The molecule has 0 unspecified atom stereocenters. The summed E-state index contributed by atoms with van der Waals surface area (Å²) in [4.78, 5) is 27.2. The Balaban J connectivity index is 1.64. The zero-order valence-corrected chi connectivity index (χ0v) is 17.2. The molecule has 3 aliphatic rings. The number of carbonyl (C=O) groups is 2. The molecule has 1 aliphatic carbocycles. The lowest BCUT2D eigenvalue weighted by Crippen LogP contribution is -2.46. The predicted molar refractivity (Wildman–Crippen MR) is 106 cm³/mol. The first-order valence-corrected chi connectivity index (χ1v) is 9.80. The van der Waals surface area contributed by atoms with Crippen molar-refractivity contribution in [1.82, 2.24) is 15.1 Å². The first-order chi connectivity index (χ1) is 13.9. The second kappa shape index (κ2) is 7.26. The lowest BCUT2D eigenvalue weighted by molar-refractivity contribution is 0.0495. The summed E-state index contributed by atoms with van der Waals surface area (Å²) in [6, 6.07) is 3.56. The number of amides is 3. The SMILES string of the molecule is CNC(=O)N(C)C(=O)O[C@H]1C=C[C@@]23CCN(C)Cc4ccc(OC)c(c42)O[C@H]3C1. The van der Waals surface area contributed by atoms with Crippen molar-refractivity contribution in [2.24, 2.45) is 0 Å². The van der Waals surface area contributed by atoms with Gasteiger partial charge in [-0.3, -0.25) is 0 Å². The Kier molecular flexibility index (Phi) is 4.90. The van der Waals surface area contributed by atoms with E-state index in [1.54, 1.807) is 7.11 Å². The van der Waals surface area contributed by atoms with Crippen molar-refractivity contribution in [3.63, 3.8) is 0 Å². The Morgan fingerprint density at radius 1 is 1.38 bits per heavy atom. The van der Waals surface area contributed by atoms with E-state index in [0.29, 0.717) is 6.42 Å². The number of nitrogens with one attached hydrogen (secondary N) is 1. The van der Waals surface area contributed by atoms with Crippen LogP contribution in [0.2, 0.25) is 0 Å². The molecule has 156 valence electrons. The third-order valence-electron chi connectivity index (χ3n) is 6.17. The summed E-state index contributed by atoms with van der Waals surface area (Å²) in [5.74, 6) is 1.52. The van der Waals surface area contributed by atoms with E-state index >= 15 is 0 Å².